The lowest BCUT2D eigenvalue weighted by atomic mass is 10.2. The van der Waals surface area contributed by atoms with Crippen LogP contribution in [0, 0.1) is 0 Å². The average Bonchev–Trinajstić information content (AvgIpc) is 2.61. The van der Waals surface area contributed by atoms with Gasteiger partial charge in [0.2, 0.25) is 0 Å². The second kappa shape index (κ2) is 4.98. The molecular weight excluding hydrogens is 292 g/mol. The zero-order chi connectivity index (χ0) is 12.4. The van der Waals surface area contributed by atoms with Crippen molar-refractivity contribution < 1.29 is 4.74 Å². The first-order valence-corrected chi connectivity index (χ1v) is 6.76. The molecule has 1 aliphatic heterocycles. The molecule has 2 aromatic rings. The molecule has 3 rings (SSSR count). The highest BCUT2D eigenvalue weighted by Gasteiger charge is 2.18. The topological polar surface area (TPSA) is 25.4 Å². The summed E-state index contributed by atoms with van der Waals surface area (Å²) in [6.45, 7) is 1.67. The van der Waals surface area contributed by atoms with E-state index in [1.807, 2.05) is 36.4 Å². The van der Waals surface area contributed by atoms with Crippen molar-refractivity contribution in [2.45, 2.75) is 6.42 Å². The van der Waals surface area contributed by atoms with Crippen molar-refractivity contribution in [3.8, 4) is 5.75 Å². The number of anilines is 2. The third-order valence-corrected chi connectivity index (χ3v) is 3.36. The van der Waals surface area contributed by atoms with Crippen LogP contribution < -0.4 is 9.64 Å². The lowest BCUT2D eigenvalue weighted by molar-refractivity contribution is 0.322. The molecule has 18 heavy (non-hydrogen) atoms. The van der Waals surface area contributed by atoms with Crippen molar-refractivity contribution in [2.75, 3.05) is 18.1 Å². The maximum Gasteiger partial charge on any atom is 0.142 e. The van der Waals surface area contributed by atoms with E-state index in [1.54, 1.807) is 0 Å². The predicted molar refractivity (Wildman–Crippen MR) is 75.5 cm³/mol. The molecule has 0 saturated carbocycles. The minimum absolute atomic E-state index is 0.752. The smallest absolute Gasteiger partial charge is 0.142 e. The standard InChI is InChI=1S/C14H13BrN2O/c15-13-7-3-8-14(16-13)17-9-4-10-18-12-6-2-1-5-11(12)17/h1-3,5-8H,4,9-10H2. The van der Waals surface area contributed by atoms with Crippen LogP contribution in [0.25, 0.3) is 0 Å². The van der Waals surface area contributed by atoms with E-state index in [4.69, 9.17) is 4.74 Å². The minimum atomic E-state index is 0.752. The van der Waals surface area contributed by atoms with Crippen LogP contribution in [0.4, 0.5) is 11.5 Å². The van der Waals surface area contributed by atoms with Gasteiger partial charge >= 0.3 is 0 Å². The van der Waals surface area contributed by atoms with Crippen LogP contribution in [0.5, 0.6) is 5.75 Å². The first-order chi connectivity index (χ1) is 8.84. The first-order valence-electron chi connectivity index (χ1n) is 5.96. The van der Waals surface area contributed by atoms with Gasteiger partial charge in [0.15, 0.2) is 0 Å². The van der Waals surface area contributed by atoms with Gasteiger partial charge in [-0.3, -0.25) is 0 Å². The van der Waals surface area contributed by atoms with Crippen molar-refractivity contribution >= 4 is 27.4 Å². The largest absolute Gasteiger partial charge is 0.491 e. The summed E-state index contributed by atoms with van der Waals surface area (Å²) in [5.74, 6) is 1.87. The molecule has 0 amide bonds. The average molecular weight is 305 g/mol. The fourth-order valence-corrected chi connectivity index (χ4v) is 2.45. The molecule has 1 aromatic carbocycles. The van der Waals surface area contributed by atoms with Crippen LogP contribution in [0.3, 0.4) is 0 Å². The number of benzene rings is 1. The quantitative estimate of drug-likeness (QED) is 0.750. The second-order valence-corrected chi connectivity index (χ2v) is 4.95. The van der Waals surface area contributed by atoms with E-state index < -0.39 is 0 Å². The zero-order valence-corrected chi connectivity index (χ0v) is 11.4. The van der Waals surface area contributed by atoms with Gasteiger partial charge in [0.05, 0.1) is 12.3 Å². The highest BCUT2D eigenvalue weighted by atomic mass is 79.9. The van der Waals surface area contributed by atoms with Gasteiger partial charge in [0, 0.05) is 6.54 Å². The monoisotopic (exact) mass is 304 g/mol. The van der Waals surface area contributed by atoms with Gasteiger partial charge in [-0.15, -0.1) is 0 Å². The third-order valence-electron chi connectivity index (χ3n) is 2.92. The summed E-state index contributed by atoms with van der Waals surface area (Å²) in [5.41, 5.74) is 1.08. The minimum Gasteiger partial charge on any atom is -0.491 e. The molecule has 0 unspecified atom stereocenters. The molecule has 0 atom stereocenters. The van der Waals surface area contributed by atoms with Crippen LogP contribution in [-0.4, -0.2) is 18.1 Å². The fourth-order valence-electron chi connectivity index (χ4n) is 2.11. The van der Waals surface area contributed by atoms with Crippen LogP contribution >= 0.6 is 15.9 Å². The fraction of sp³-hybridized carbons (Fsp3) is 0.214. The predicted octanol–water partition coefficient (Wildman–Crippen LogP) is 3.76. The van der Waals surface area contributed by atoms with E-state index in [0.717, 1.165) is 41.4 Å². The van der Waals surface area contributed by atoms with E-state index in [0.29, 0.717) is 0 Å². The Morgan fingerprint density at radius 1 is 1.11 bits per heavy atom. The lowest BCUT2D eigenvalue weighted by Gasteiger charge is -2.22. The molecule has 3 nitrogen and oxygen atoms in total. The molecule has 1 aliphatic rings. The summed E-state index contributed by atoms with van der Waals surface area (Å²) >= 11 is 3.42. The van der Waals surface area contributed by atoms with E-state index >= 15 is 0 Å². The van der Waals surface area contributed by atoms with Gasteiger partial charge < -0.3 is 9.64 Å². The van der Waals surface area contributed by atoms with E-state index in [1.165, 1.54) is 0 Å². The third kappa shape index (κ3) is 2.20. The van der Waals surface area contributed by atoms with Crippen LogP contribution in [-0.2, 0) is 0 Å². The Morgan fingerprint density at radius 3 is 2.89 bits per heavy atom. The molecule has 1 aromatic heterocycles. The van der Waals surface area contributed by atoms with E-state index in [9.17, 15) is 0 Å². The summed E-state index contributed by atoms with van der Waals surface area (Å²) in [6.07, 6.45) is 0.989. The number of ether oxygens (including phenoxy) is 1. The number of nitrogens with zero attached hydrogens (tertiary/aromatic N) is 2. The van der Waals surface area contributed by atoms with Gasteiger partial charge in [0.1, 0.15) is 16.2 Å². The van der Waals surface area contributed by atoms with Gasteiger partial charge in [-0.1, -0.05) is 18.2 Å². The first kappa shape index (κ1) is 11.5. The SMILES string of the molecule is Brc1cccc(N2CCCOc3ccccc32)n1. The van der Waals surface area contributed by atoms with Crippen molar-refractivity contribution in [1.82, 2.24) is 4.98 Å². The summed E-state index contributed by atoms with van der Waals surface area (Å²) in [7, 11) is 0. The Balaban J connectivity index is 2.06. The molecule has 0 radical (unpaired) electrons. The number of rotatable bonds is 1. The number of para-hydroxylation sites is 2. The van der Waals surface area contributed by atoms with Crippen LogP contribution in [0.2, 0.25) is 0 Å². The lowest BCUT2D eigenvalue weighted by Crippen LogP contribution is -2.18. The van der Waals surface area contributed by atoms with Crippen LogP contribution in [0.15, 0.2) is 47.1 Å². The van der Waals surface area contributed by atoms with Crippen molar-refractivity contribution in [3.05, 3.63) is 47.1 Å². The Bertz CT molecular complexity index is 559. The highest BCUT2D eigenvalue weighted by molar-refractivity contribution is 9.10. The van der Waals surface area contributed by atoms with Gasteiger partial charge in [0.25, 0.3) is 0 Å². The summed E-state index contributed by atoms with van der Waals surface area (Å²) < 4.78 is 6.60. The Labute approximate surface area is 115 Å². The number of hydrogen-bond acceptors (Lipinski definition) is 3. The van der Waals surface area contributed by atoms with Gasteiger partial charge in [-0.2, -0.15) is 0 Å². The maximum atomic E-state index is 5.75. The van der Waals surface area contributed by atoms with Crippen molar-refractivity contribution in [2.24, 2.45) is 0 Å². The Kier molecular flexibility index (Phi) is 3.19. The normalized spacial score (nSPS) is 14.6. The zero-order valence-electron chi connectivity index (χ0n) is 9.84. The molecule has 4 heteroatoms. The summed E-state index contributed by atoms with van der Waals surface area (Å²) in [6, 6.07) is 14.1. The summed E-state index contributed by atoms with van der Waals surface area (Å²) in [4.78, 5) is 6.73. The number of fused-ring (bicyclic) bond motifs is 1. The van der Waals surface area contributed by atoms with Crippen molar-refractivity contribution in [1.29, 1.82) is 0 Å². The molecule has 0 bridgehead atoms. The second-order valence-electron chi connectivity index (χ2n) is 4.14. The molecule has 0 spiro atoms. The molecule has 2 heterocycles. The number of hydrogen-bond donors (Lipinski definition) is 0. The molecular formula is C14H13BrN2O. The molecule has 92 valence electrons. The number of halogens is 1. The van der Waals surface area contributed by atoms with Crippen LogP contribution in [0.1, 0.15) is 6.42 Å². The van der Waals surface area contributed by atoms with Crippen molar-refractivity contribution in [3.63, 3.8) is 0 Å². The summed E-state index contributed by atoms with van der Waals surface area (Å²) in [5, 5.41) is 0. The van der Waals surface area contributed by atoms with Gasteiger partial charge in [-0.05, 0) is 46.6 Å². The van der Waals surface area contributed by atoms with E-state index in [2.05, 4.69) is 31.9 Å². The molecule has 0 saturated heterocycles. The maximum absolute atomic E-state index is 5.75. The van der Waals surface area contributed by atoms with E-state index in [-0.39, 0.29) is 0 Å². The highest BCUT2D eigenvalue weighted by Crippen LogP contribution is 2.35. The number of pyridine rings is 1. The molecule has 0 aliphatic carbocycles. The molecule has 0 fully saturated rings. The molecule has 0 N–H and O–H groups in total. The van der Waals surface area contributed by atoms with Gasteiger partial charge in [-0.25, -0.2) is 4.98 Å². The number of aromatic nitrogens is 1. The Morgan fingerprint density at radius 2 is 2.00 bits per heavy atom. The Hall–Kier alpha value is -1.55.